The summed E-state index contributed by atoms with van der Waals surface area (Å²) in [5, 5.41) is 0.993. The van der Waals surface area contributed by atoms with Gasteiger partial charge >= 0.3 is 0 Å². The third-order valence-electron chi connectivity index (χ3n) is 4.59. The molecule has 1 aliphatic heterocycles. The van der Waals surface area contributed by atoms with Crippen LogP contribution in [0.4, 0.5) is 0 Å². The van der Waals surface area contributed by atoms with Gasteiger partial charge < -0.3 is 4.90 Å². The monoisotopic (exact) mass is 318 g/mol. The lowest BCUT2D eigenvalue weighted by atomic mass is 9.94. The second-order valence-corrected chi connectivity index (χ2v) is 6.11. The zero-order valence-electron chi connectivity index (χ0n) is 13.3. The van der Waals surface area contributed by atoms with Crippen molar-refractivity contribution in [1.29, 1.82) is 0 Å². The van der Waals surface area contributed by atoms with Crippen LogP contribution >= 0.6 is 0 Å². The van der Waals surface area contributed by atoms with Gasteiger partial charge in [0.25, 0.3) is 5.91 Å². The zero-order chi connectivity index (χ0) is 16.4. The molecule has 0 radical (unpaired) electrons. The lowest BCUT2D eigenvalue weighted by Crippen LogP contribution is -2.39. The number of aromatic nitrogens is 3. The van der Waals surface area contributed by atoms with Crippen molar-refractivity contribution in [3.63, 3.8) is 0 Å². The van der Waals surface area contributed by atoms with E-state index in [1.807, 2.05) is 41.3 Å². The summed E-state index contributed by atoms with van der Waals surface area (Å²) in [6.45, 7) is 1.47. The van der Waals surface area contributed by atoms with Gasteiger partial charge in [-0.1, -0.05) is 18.2 Å². The molecule has 0 saturated carbocycles. The Morgan fingerprint density at radius 3 is 2.88 bits per heavy atom. The molecule has 5 nitrogen and oxygen atoms in total. The van der Waals surface area contributed by atoms with E-state index in [9.17, 15) is 4.79 Å². The Morgan fingerprint density at radius 1 is 1.08 bits per heavy atom. The molecule has 1 amide bonds. The fourth-order valence-electron chi connectivity index (χ4n) is 3.39. The van der Waals surface area contributed by atoms with Crippen molar-refractivity contribution < 1.29 is 4.79 Å². The average Bonchev–Trinajstić information content (AvgIpc) is 2.68. The van der Waals surface area contributed by atoms with Crippen LogP contribution in [0.2, 0.25) is 0 Å². The SMILES string of the molecule is O=C(c1cccc2cccnc12)N1CCC[C@H](c2ccncn2)C1. The van der Waals surface area contributed by atoms with Crippen LogP contribution in [0.25, 0.3) is 10.9 Å². The van der Waals surface area contributed by atoms with E-state index in [1.54, 1.807) is 18.7 Å². The third-order valence-corrected chi connectivity index (χ3v) is 4.59. The Hall–Kier alpha value is -2.82. The van der Waals surface area contributed by atoms with E-state index in [0.29, 0.717) is 12.1 Å². The largest absolute Gasteiger partial charge is 0.338 e. The molecule has 1 atom stereocenters. The second kappa shape index (κ2) is 6.35. The number of rotatable bonds is 2. The molecule has 1 saturated heterocycles. The van der Waals surface area contributed by atoms with E-state index in [2.05, 4.69) is 15.0 Å². The quantitative estimate of drug-likeness (QED) is 0.728. The highest BCUT2D eigenvalue weighted by Gasteiger charge is 2.27. The summed E-state index contributed by atoms with van der Waals surface area (Å²) in [6.07, 6.45) is 7.11. The highest BCUT2D eigenvalue weighted by molar-refractivity contribution is 6.05. The van der Waals surface area contributed by atoms with Gasteiger partial charge in [-0.05, 0) is 31.0 Å². The maximum absolute atomic E-state index is 13.0. The van der Waals surface area contributed by atoms with Gasteiger partial charge in [0.1, 0.15) is 6.33 Å². The summed E-state index contributed by atoms with van der Waals surface area (Å²) in [5.41, 5.74) is 2.46. The third kappa shape index (κ3) is 2.73. The van der Waals surface area contributed by atoms with Crippen molar-refractivity contribution in [3.8, 4) is 0 Å². The minimum absolute atomic E-state index is 0.0538. The number of carbonyl (C=O) groups is 1. The number of likely N-dealkylation sites (tertiary alicyclic amines) is 1. The Balaban J connectivity index is 1.62. The first-order valence-electron chi connectivity index (χ1n) is 8.22. The fraction of sp³-hybridized carbons (Fsp3) is 0.263. The molecule has 1 aromatic carbocycles. The number of carbonyl (C=O) groups excluding carboxylic acids is 1. The normalized spacial score (nSPS) is 17.8. The maximum atomic E-state index is 13.0. The van der Waals surface area contributed by atoms with E-state index >= 15 is 0 Å². The predicted octanol–water partition coefficient (Wildman–Crippen LogP) is 3.04. The van der Waals surface area contributed by atoms with Gasteiger partial charge in [0, 0.05) is 42.5 Å². The van der Waals surface area contributed by atoms with Crippen LogP contribution in [0.5, 0.6) is 0 Å². The fourth-order valence-corrected chi connectivity index (χ4v) is 3.39. The standard InChI is InChI=1S/C19H18N4O/c24-19(16-7-1-4-14-5-2-9-21-18(14)16)23-11-3-6-15(12-23)17-8-10-20-13-22-17/h1-2,4-5,7-10,13,15H,3,6,11-12H2/t15-/m0/s1. The van der Waals surface area contributed by atoms with Gasteiger partial charge in [-0.15, -0.1) is 0 Å². The number of hydrogen-bond donors (Lipinski definition) is 0. The minimum Gasteiger partial charge on any atom is -0.338 e. The van der Waals surface area contributed by atoms with Crippen LogP contribution in [0.15, 0.2) is 55.1 Å². The van der Waals surface area contributed by atoms with Crippen LogP contribution in [0, 0.1) is 0 Å². The van der Waals surface area contributed by atoms with Crippen molar-refractivity contribution in [3.05, 3.63) is 66.4 Å². The molecule has 4 rings (SSSR count). The first-order chi connectivity index (χ1) is 11.8. The lowest BCUT2D eigenvalue weighted by Gasteiger charge is -2.32. The van der Waals surface area contributed by atoms with Crippen LogP contribution in [-0.4, -0.2) is 38.8 Å². The molecule has 0 N–H and O–H groups in total. The predicted molar refractivity (Wildman–Crippen MR) is 91.7 cm³/mol. The van der Waals surface area contributed by atoms with Gasteiger partial charge in [-0.2, -0.15) is 0 Å². The Morgan fingerprint density at radius 2 is 2.00 bits per heavy atom. The van der Waals surface area contributed by atoms with Crippen molar-refractivity contribution in [1.82, 2.24) is 19.9 Å². The van der Waals surface area contributed by atoms with Gasteiger partial charge in [-0.3, -0.25) is 9.78 Å². The first kappa shape index (κ1) is 14.8. The number of para-hydroxylation sites is 1. The molecule has 0 spiro atoms. The van der Waals surface area contributed by atoms with Gasteiger partial charge in [0.05, 0.1) is 11.1 Å². The molecule has 1 aliphatic rings. The Bertz CT molecular complexity index is 860. The molecular weight excluding hydrogens is 300 g/mol. The number of pyridine rings is 1. The summed E-state index contributed by atoms with van der Waals surface area (Å²) in [5.74, 6) is 0.326. The van der Waals surface area contributed by atoms with E-state index in [-0.39, 0.29) is 11.8 Å². The van der Waals surface area contributed by atoms with Crippen molar-refractivity contribution in [2.45, 2.75) is 18.8 Å². The van der Waals surface area contributed by atoms with E-state index < -0.39 is 0 Å². The number of fused-ring (bicyclic) bond motifs is 1. The van der Waals surface area contributed by atoms with E-state index in [1.165, 1.54) is 0 Å². The molecule has 1 fully saturated rings. The molecule has 2 aromatic heterocycles. The number of amides is 1. The van der Waals surface area contributed by atoms with Crippen LogP contribution in [0.1, 0.15) is 34.8 Å². The highest BCUT2D eigenvalue weighted by atomic mass is 16.2. The number of piperidine rings is 1. The number of nitrogens with zero attached hydrogens (tertiary/aromatic N) is 4. The zero-order valence-corrected chi connectivity index (χ0v) is 13.3. The van der Waals surface area contributed by atoms with Crippen LogP contribution in [-0.2, 0) is 0 Å². The van der Waals surface area contributed by atoms with E-state index in [0.717, 1.165) is 36.0 Å². The molecule has 5 heteroatoms. The average molecular weight is 318 g/mol. The van der Waals surface area contributed by atoms with Crippen molar-refractivity contribution in [2.75, 3.05) is 13.1 Å². The molecule has 0 unspecified atom stereocenters. The minimum atomic E-state index is 0.0538. The number of hydrogen-bond acceptors (Lipinski definition) is 4. The molecule has 24 heavy (non-hydrogen) atoms. The summed E-state index contributed by atoms with van der Waals surface area (Å²) >= 11 is 0. The summed E-state index contributed by atoms with van der Waals surface area (Å²) < 4.78 is 0. The first-order valence-corrected chi connectivity index (χ1v) is 8.22. The smallest absolute Gasteiger partial charge is 0.256 e. The lowest BCUT2D eigenvalue weighted by molar-refractivity contribution is 0.0707. The van der Waals surface area contributed by atoms with Gasteiger partial charge in [0.2, 0.25) is 0 Å². The second-order valence-electron chi connectivity index (χ2n) is 6.11. The highest BCUT2D eigenvalue weighted by Crippen LogP contribution is 2.27. The summed E-state index contributed by atoms with van der Waals surface area (Å²) in [4.78, 5) is 27.7. The summed E-state index contributed by atoms with van der Waals surface area (Å²) in [7, 11) is 0. The number of benzene rings is 1. The Labute approximate surface area is 140 Å². The Kier molecular flexibility index (Phi) is 3.91. The van der Waals surface area contributed by atoms with Crippen molar-refractivity contribution in [2.24, 2.45) is 0 Å². The molecule has 3 aromatic rings. The summed E-state index contributed by atoms with van der Waals surface area (Å²) in [6, 6.07) is 11.6. The molecular formula is C19H18N4O. The maximum Gasteiger partial charge on any atom is 0.256 e. The van der Waals surface area contributed by atoms with Gasteiger partial charge in [0.15, 0.2) is 0 Å². The molecule has 0 aliphatic carbocycles. The van der Waals surface area contributed by atoms with Crippen molar-refractivity contribution >= 4 is 16.8 Å². The van der Waals surface area contributed by atoms with Gasteiger partial charge in [-0.25, -0.2) is 9.97 Å². The molecule has 0 bridgehead atoms. The van der Waals surface area contributed by atoms with Crippen LogP contribution in [0.3, 0.4) is 0 Å². The van der Waals surface area contributed by atoms with E-state index in [4.69, 9.17) is 0 Å². The van der Waals surface area contributed by atoms with Crippen LogP contribution < -0.4 is 0 Å². The molecule has 120 valence electrons. The molecule has 3 heterocycles. The topological polar surface area (TPSA) is 59.0 Å².